The lowest BCUT2D eigenvalue weighted by atomic mass is 9.71. The molecular weight excluding hydrogens is 292 g/mol. The maximum atomic E-state index is 12.6. The number of nitriles is 1. The standard InChI is InChI=1S/C14H13ClN4O2/c1-3-21-12(20)14(9-4-5-9,11(6-16)17-2)10-7-18-13(15)19-8-10/h7-9,11H,3-5H2,1H3. The summed E-state index contributed by atoms with van der Waals surface area (Å²) in [6.07, 6.45) is 4.32. The SMILES string of the molecule is [C-]#[N+]C(C#N)C(C(=O)OCC)(c1cnc(Cl)nc1)C1CC1. The molecule has 1 aliphatic rings. The van der Waals surface area contributed by atoms with E-state index in [1.54, 1.807) is 6.92 Å². The maximum absolute atomic E-state index is 12.6. The normalized spacial score (nSPS) is 17.9. The Labute approximate surface area is 127 Å². The van der Waals surface area contributed by atoms with Crippen molar-refractivity contribution in [3.05, 3.63) is 34.7 Å². The molecule has 0 bridgehead atoms. The molecule has 0 saturated heterocycles. The molecule has 2 atom stereocenters. The number of halogens is 1. The monoisotopic (exact) mass is 304 g/mol. The van der Waals surface area contributed by atoms with Gasteiger partial charge >= 0.3 is 12.0 Å². The molecule has 7 heteroatoms. The minimum Gasteiger partial charge on any atom is -0.465 e. The predicted octanol–water partition coefficient (Wildman–Crippen LogP) is 2.15. The van der Waals surface area contributed by atoms with Gasteiger partial charge in [0.25, 0.3) is 0 Å². The summed E-state index contributed by atoms with van der Waals surface area (Å²) in [6.45, 7) is 9.15. The Morgan fingerprint density at radius 1 is 1.67 bits per heavy atom. The van der Waals surface area contributed by atoms with Gasteiger partial charge in [-0.1, -0.05) is 0 Å². The lowest BCUT2D eigenvalue weighted by molar-refractivity contribution is -0.151. The Morgan fingerprint density at radius 2 is 2.29 bits per heavy atom. The summed E-state index contributed by atoms with van der Waals surface area (Å²) in [7, 11) is 0. The van der Waals surface area contributed by atoms with Crippen molar-refractivity contribution in [3.63, 3.8) is 0 Å². The molecule has 1 aliphatic carbocycles. The predicted molar refractivity (Wildman–Crippen MR) is 74.1 cm³/mol. The quantitative estimate of drug-likeness (QED) is 0.473. The zero-order chi connectivity index (χ0) is 15.5. The lowest BCUT2D eigenvalue weighted by Crippen LogP contribution is -2.48. The van der Waals surface area contributed by atoms with Crippen molar-refractivity contribution >= 4 is 17.6 Å². The van der Waals surface area contributed by atoms with Crippen molar-refractivity contribution in [2.24, 2.45) is 5.92 Å². The molecule has 0 spiro atoms. The van der Waals surface area contributed by atoms with E-state index in [0.717, 1.165) is 12.8 Å². The van der Waals surface area contributed by atoms with Crippen LogP contribution in [0.4, 0.5) is 0 Å². The maximum Gasteiger partial charge on any atom is 0.327 e. The molecule has 0 amide bonds. The van der Waals surface area contributed by atoms with Crippen LogP contribution >= 0.6 is 11.6 Å². The van der Waals surface area contributed by atoms with E-state index >= 15 is 0 Å². The molecule has 6 nitrogen and oxygen atoms in total. The van der Waals surface area contributed by atoms with Gasteiger partial charge in [0.2, 0.25) is 5.28 Å². The number of esters is 1. The summed E-state index contributed by atoms with van der Waals surface area (Å²) in [6, 6.07) is 0.750. The number of rotatable bonds is 5. The second-order valence-corrected chi connectivity index (χ2v) is 5.10. The number of hydrogen-bond donors (Lipinski definition) is 0. The molecule has 21 heavy (non-hydrogen) atoms. The molecule has 0 aromatic carbocycles. The molecule has 1 saturated carbocycles. The summed E-state index contributed by atoms with van der Waals surface area (Å²) >= 11 is 5.68. The van der Waals surface area contributed by atoms with Gasteiger partial charge in [0.1, 0.15) is 0 Å². The largest absolute Gasteiger partial charge is 0.465 e. The average molecular weight is 305 g/mol. The second-order valence-electron chi connectivity index (χ2n) is 4.77. The first-order chi connectivity index (χ1) is 10.1. The summed E-state index contributed by atoms with van der Waals surface area (Å²) in [5, 5.41) is 9.38. The van der Waals surface area contributed by atoms with Crippen molar-refractivity contribution in [1.82, 2.24) is 9.97 Å². The van der Waals surface area contributed by atoms with E-state index in [0.29, 0.717) is 5.56 Å². The number of nitrogens with zero attached hydrogens (tertiary/aromatic N) is 4. The third kappa shape index (κ3) is 2.55. The van der Waals surface area contributed by atoms with Crippen LogP contribution in [0.5, 0.6) is 0 Å². The summed E-state index contributed by atoms with van der Waals surface area (Å²) in [5.41, 5.74) is -0.924. The van der Waals surface area contributed by atoms with Crippen LogP contribution in [0.1, 0.15) is 25.3 Å². The highest BCUT2D eigenvalue weighted by atomic mass is 35.5. The zero-order valence-corrected chi connectivity index (χ0v) is 12.2. The molecule has 2 unspecified atom stereocenters. The summed E-state index contributed by atoms with van der Waals surface area (Å²) < 4.78 is 5.16. The molecule has 0 radical (unpaired) electrons. The van der Waals surface area contributed by atoms with Gasteiger partial charge in [-0.25, -0.2) is 16.5 Å². The van der Waals surface area contributed by atoms with E-state index in [-0.39, 0.29) is 17.8 Å². The summed E-state index contributed by atoms with van der Waals surface area (Å²) in [4.78, 5) is 23.7. The number of aromatic nitrogens is 2. The molecule has 108 valence electrons. The number of ether oxygens (including phenoxy) is 1. The summed E-state index contributed by atoms with van der Waals surface area (Å²) in [5.74, 6) is -0.680. The van der Waals surface area contributed by atoms with E-state index in [1.807, 2.05) is 6.07 Å². The van der Waals surface area contributed by atoms with Crippen LogP contribution in [-0.4, -0.2) is 28.6 Å². The van der Waals surface area contributed by atoms with E-state index in [4.69, 9.17) is 22.9 Å². The molecule has 0 aliphatic heterocycles. The van der Waals surface area contributed by atoms with E-state index in [9.17, 15) is 10.1 Å². The number of hydrogen-bond acceptors (Lipinski definition) is 5. The molecule has 0 N–H and O–H groups in total. The Morgan fingerprint density at radius 3 is 2.71 bits per heavy atom. The van der Waals surface area contributed by atoms with Crippen LogP contribution in [0.3, 0.4) is 0 Å². The molecule has 1 aromatic rings. The highest BCUT2D eigenvalue weighted by Gasteiger charge is 2.63. The van der Waals surface area contributed by atoms with Gasteiger partial charge in [0, 0.05) is 18.0 Å². The fraction of sp³-hybridized carbons (Fsp3) is 0.500. The highest BCUT2D eigenvalue weighted by molar-refractivity contribution is 6.28. The van der Waals surface area contributed by atoms with Gasteiger partial charge in [-0.3, -0.25) is 9.64 Å². The molecular formula is C14H13ClN4O2. The van der Waals surface area contributed by atoms with Gasteiger partial charge in [-0.05, 0) is 37.3 Å². The molecule has 1 aromatic heterocycles. The lowest BCUT2D eigenvalue weighted by Gasteiger charge is -2.29. The smallest absolute Gasteiger partial charge is 0.327 e. The zero-order valence-electron chi connectivity index (χ0n) is 11.4. The van der Waals surface area contributed by atoms with Gasteiger partial charge in [-0.15, -0.1) is 0 Å². The van der Waals surface area contributed by atoms with Crippen LogP contribution in [0.25, 0.3) is 4.85 Å². The first-order valence-corrected chi connectivity index (χ1v) is 6.90. The van der Waals surface area contributed by atoms with Crippen LogP contribution in [0.15, 0.2) is 12.4 Å². The first-order valence-electron chi connectivity index (χ1n) is 6.52. The Balaban J connectivity index is 2.61. The van der Waals surface area contributed by atoms with Gasteiger partial charge in [0.05, 0.1) is 6.61 Å². The number of carbonyl (C=O) groups excluding carboxylic acids is 1. The van der Waals surface area contributed by atoms with Crippen molar-refractivity contribution in [1.29, 1.82) is 5.26 Å². The van der Waals surface area contributed by atoms with Crippen LogP contribution in [-0.2, 0) is 14.9 Å². The topological polar surface area (TPSA) is 80.2 Å². The van der Waals surface area contributed by atoms with E-state index < -0.39 is 17.4 Å². The Bertz CT molecular complexity index is 601. The Kier molecular flexibility index (Phi) is 4.40. The minimum absolute atomic E-state index is 0.0450. The minimum atomic E-state index is -1.34. The van der Waals surface area contributed by atoms with Crippen molar-refractivity contribution in [2.75, 3.05) is 6.61 Å². The van der Waals surface area contributed by atoms with E-state index in [1.165, 1.54) is 12.4 Å². The van der Waals surface area contributed by atoms with Crippen LogP contribution < -0.4 is 0 Å². The van der Waals surface area contributed by atoms with Crippen molar-refractivity contribution < 1.29 is 9.53 Å². The fourth-order valence-corrected chi connectivity index (χ4v) is 2.66. The fourth-order valence-electron chi connectivity index (χ4n) is 2.56. The third-order valence-electron chi connectivity index (χ3n) is 3.62. The van der Waals surface area contributed by atoms with Crippen LogP contribution in [0, 0.1) is 23.8 Å². The average Bonchev–Trinajstić information content (AvgIpc) is 3.31. The molecule has 2 rings (SSSR count). The number of carbonyl (C=O) groups is 1. The highest BCUT2D eigenvalue weighted by Crippen LogP contribution is 2.51. The van der Waals surface area contributed by atoms with Gasteiger partial charge in [0.15, 0.2) is 11.5 Å². The van der Waals surface area contributed by atoms with Crippen LogP contribution in [0.2, 0.25) is 5.28 Å². The van der Waals surface area contributed by atoms with E-state index in [2.05, 4.69) is 14.8 Å². The first kappa shape index (κ1) is 15.2. The van der Waals surface area contributed by atoms with Gasteiger partial charge in [-0.2, -0.15) is 5.26 Å². The third-order valence-corrected chi connectivity index (χ3v) is 3.81. The van der Waals surface area contributed by atoms with Crippen molar-refractivity contribution in [3.8, 4) is 6.07 Å². The molecule has 1 heterocycles. The molecule has 1 fully saturated rings. The van der Waals surface area contributed by atoms with Gasteiger partial charge < -0.3 is 4.74 Å². The van der Waals surface area contributed by atoms with Crippen molar-refractivity contribution in [2.45, 2.75) is 31.2 Å². The Hall–Kier alpha value is -2.18. The second kappa shape index (κ2) is 6.07.